The molecule has 8 heteroatoms. The van der Waals surface area contributed by atoms with Gasteiger partial charge < -0.3 is 15.7 Å². The van der Waals surface area contributed by atoms with E-state index >= 15 is 0 Å². The number of hydrogen-bond acceptors (Lipinski definition) is 6. The maximum Gasteiger partial charge on any atom is 0.317 e. The molecule has 1 aliphatic rings. The third kappa shape index (κ3) is 3.58. The minimum Gasteiger partial charge on any atom is -0.480 e. The summed E-state index contributed by atoms with van der Waals surface area (Å²) in [5.41, 5.74) is 8.26. The normalized spacial score (nSPS) is 15.5. The quantitative estimate of drug-likeness (QED) is 0.866. The molecule has 0 aliphatic carbocycles. The Morgan fingerprint density at radius 2 is 1.92 bits per heavy atom. The van der Waals surface area contributed by atoms with E-state index in [0.717, 1.165) is 11.3 Å². The highest BCUT2D eigenvalue weighted by Crippen LogP contribution is 2.30. The van der Waals surface area contributed by atoms with Gasteiger partial charge in [0.1, 0.15) is 0 Å². The van der Waals surface area contributed by atoms with Crippen molar-refractivity contribution in [2.75, 3.05) is 43.4 Å². The average Bonchev–Trinajstić information content (AvgIpc) is 2.56. The lowest BCUT2D eigenvalue weighted by atomic mass is 10.1. The first-order chi connectivity index (χ1) is 11.5. The molecule has 0 saturated carbocycles. The van der Waals surface area contributed by atoms with Gasteiger partial charge in [-0.3, -0.25) is 9.69 Å². The van der Waals surface area contributed by atoms with Crippen LogP contribution in [-0.4, -0.2) is 58.9 Å². The Balaban J connectivity index is 1.81. The lowest BCUT2D eigenvalue weighted by Crippen LogP contribution is -2.48. The second-order valence-corrected chi connectivity index (χ2v) is 6.04. The first-order valence-corrected chi connectivity index (χ1v) is 7.99. The number of hydrogen-bond donors (Lipinski definition) is 2. The fourth-order valence-corrected chi connectivity index (χ4v) is 3.02. The number of carboxylic acid groups (broad SMARTS) is 1. The van der Waals surface area contributed by atoms with Crippen LogP contribution in [0.5, 0.6) is 0 Å². The number of anilines is 2. The van der Waals surface area contributed by atoms with Gasteiger partial charge in [-0.25, -0.2) is 0 Å². The third-order valence-corrected chi connectivity index (χ3v) is 4.35. The van der Waals surface area contributed by atoms with Crippen LogP contribution < -0.4 is 10.6 Å². The summed E-state index contributed by atoms with van der Waals surface area (Å²) in [6, 6.07) is 9.33. The lowest BCUT2D eigenvalue weighted by Gasteiger charge is -2.35. The first kappa shape index (κ1) is 16.5. The Morgan fingerprint density at radius 3 is 2.58 bits per heavy atom. The highest BCUT2D eigenvalue weighted by molar-refractivity contribution is 6.33. The number of rotatable bonds is 4. The molecular formula is C16H18ClN5O2. The van der Waals surface area contributed by atoms with Crippen LogP contribution in [0.3, 0.4) is 0 Å². The van der Waals surface area contributed by atoms with Crippen molar-refractivity contribution >= 4 is 29.1 Å². The highest BCUT2D eigenvalue weighted by atomic mass is 35.5. The number of nitrogens with zero attached hydrogens (tertiary/aromatic N) is 4. The average molecular weight is 348 g/mol. The van der Waals surface area contributed by atoms with Crippen LogP contribution in [-0.2, 0) is 4.79 Å². The Morgan fingerprint density at radius 1 is 1.21 bits per heavy atom. The molecule has 7 nitrogen and oxygen atoms in total. The van der Waals surface area contributed by atoms with E-state index in [4.69, 9.17) is 22.4 Å². The largest absolute Gasteiger partial charge is 0.480 e. The highest BCUT2D eigenvalue weighted by Gasteiger charge is 2.21. The molecule has 1 aromatic heterocycles. The molecular weight excluding hydrogens is 330 g/mol. The molecule has 24 heavy (non-hydrogen) atoms. The molecule has 0 unspecified atom stereocenters. The van der Waals surface area contributed by atoms with E-state index in [0.29, 0.717) is 42.7 Å². The summed E-state index contributed by atoms with van der Waals surface area (Å²) in [4.78, 5) is 14.8. The van der Waals surface area contributed by atoms with Crippen molar-refractivity contribution in [1.29, 1.82) is 0 Å². The molecule has 1 aromatic carbocycles. The predicted octanol–water partition coefficient (Wildman–Crippen LogP) is 1.59. The molecule has 0 amide bonds. The van der Waals surface area contributed by atoms with Gasteiger partial charge in [0.2, 0.25) is 0 Å². The molecule has 1 saturated heterocycles. The number of carbonyl (C=O) groups is 1. The summed E-state index contributed by atoms with van der Waals surface area (Å²) in [7, 11) is 0. The van der Waals surface area contributed by atoms with Crippen LogP contribution >= 0.6 is 11.6 Å². The number of piperazine rings is 1. The van der Waals surface area contributed by atoms with E-state index in [2.05, 4.69) is 15.1 Å². The Kier molecular flexibility index (Phi) is 4.82. The van der Waals surface area contributed by atoms with Crippen LogP contribution in [0, 0.1) is 0 Å². The molecule has 0 atom stereocenters. The lowest BCUT2D eigenvalue weighted by molar-refractivity contribution is -0.138. The van der Waals surface area contributed by atoms with Crippen LogP contribution in [0.2, 0.25) is 5.02 Å². The molecule has 3 N–H and O–H groups in total. The van der Waals surface area contributed by atoms with Gasteiger partial charge in [0.25, 0.3) is 0 Å². The first-order valence-electron chi connectivity index (χ1n) is 7.62. The van der Waals surface area contributed by atoms with Gasteiger partial charge in [-0.2, -0.15) is 0 Å². The minimum absolute atomic E-state index is 0.0583. The Labute approximate surface area is 144 Å². The van der Waals surface area contributed by atoms with Gasteiger partial charge >= 0.3 is 5.97 Å². The van der Waals surface area contributed by atoms with Gasteiger partial charge in [-0.05, 0) is 12.1 Å². The number of aromatic nitrogens is 2. The molecule has 0 radical (unpaired) electrons. The van der Waals surface area contributed by atoms with Gasteiger partial charge in [0.05, 0.1) is 22.9 Å². The summed E-state index contributed by atoms with van der Waals surface area (Å²) >= 11 is 6.23. The summed E-state index contributed by atoms with van der Waals surface area (Å²) in [6.07, 6.45) is 0. The van der Waals surface area contributed by atoms with Crippen LogP contribution in [0.15, 0.2) is 30.3 Å². The van der Waals surface area contributed by atoms with Gasteiger partial charge in [0, 0.05) is 31.7 Å². The third-order valence-electron chi connectivity index (χ3n) is 4.02. The molecule has 3 rings (SSSR count). The fraction of sp³-hybridized carbons (Fsp3) is 0.312. The molecule has 126 valence electrons. The smallest absolute Gasteiger partial charge is 0.317 e. The number of nitrogen functional groups attached to an aromatic ring is 1. The van der Waals surface area contributed by atoms with E-state index < -0.39 is 5.97 Å². The van der Waals surface area contributed by atoms with Crippen molar-refractivity contribution in [3.63, 3.8) is 0 Å². The number of halogens is 1. The number of nitrogens with two attached hydrogens (primary N) is 1. The fourth-order valence-electron chi connectivity index (χ4n) is 2.78. The van der Waals surface area contributed by atoms with Crippen molar-refractivity contribution in [3.8, 4) is 11.3 Å². The van der Waals surface area contributed by atoms with Gasteiger partial charge in [-0.15, -0.1) is 10.2 Å². The second kappa shape index (κ2) is 7.02. The maximum atomic E-state index is 10.8. The zero-order valence-electron chi connectivity index (χ0n) is 13.0. The molecule has 2 aromatic rings. The van der Waals surface area contributed by atoms with Crippen molar-refractivity contribution < 1.29 is 9.90 Å². The van der Waals surface area contributed by atoms with Crippen molar-refractivity contribution in [2.45, 2.75) is 0 Å². The van der Waals surface area contributed by atoms with Crippen LogP contribution in [0.4, 0.5) is 11.5 Å². The standard InChI is InChI=1S/C16H18ClN5O2/c17-12-4-2-1-3-11(12)13-9-14(16(18)20-19-13)22-7-5-21(6-8-22)10-15(23)24/h1-4,9H,5-8,10H2,(H2,18,20)(H,23,24). The van der Waals surface area contributed by atoms with Crippen molar-refractivity contribution in [1.82, 2.24) is 15.1 Å². The molecule has 0 bridgehead atoms. The molecule has 1 aliphatic heterocycles. The summed E-state index contributed by atoms with van der Waals surface area (Å²) in [6.45, 7) is 2.75. The number of carboxylic acids is 1. The van der Waals surface area contributed by atoms with Crippen molar-refractivity contribution in [3.05, 3.63) is 35.4 Å². The minimum atomic E-state index is -0.811. The zero-order valence-corrected chi connectivity index (χ0v) is 13.8. The zero-order chi connectivity index (χ0) is 17.1. The van der Waals surface area contributed by atoms with E-state index in [1.54, 1.807) is 6.07 Å². The van der Waals surface area contributed by atoms with Gasteiger partial charge in [-0.1, -0.05) is 29.8 Å². The molecule has 0 spiro atoms. The second-order valence-electron chi connectivity index (χ2n) is 5.64. The van der Waals surface area contributed by atoms with E-state index in [9.17, 15) is 4.79 Å². The van der Waals surface area contributed by atoms with E-state index in [-0.39, 0.29) is 6.54 Å². The monoisotopic (exact) mass is 347 g/mol. The predicted molar refractivity (Wildman–Crippen MR) is 93.2 cm³/mol. The van der Waals surface area contributed by atoms with E-state index in [1.165, 1.54) is 0 Å². The maximum absolute atomic E-state index is 10.8. The molecule has 1 fully saturated rings. The molecule has 2 heterocycles. The SMILES string of the molecule is Nc1nnc(-c2ccccc2Cl)cc1N1CCN(CC(=O)O)CC1. The van der Waals surface area contributed by atoms with Crippen molar-refractivity contribution in [2.24, 2.45) is 0 Å². The summed E-state index contributed by atoms with van der Waals surface area (Å²) < 4.78 is 0. The number of benzene rings is 1. The Hall–Kier alpha value is -2.38. The summed E-state index contributed by atoms with van der Waals surface area (Å²) in [5.74, 6) is -0.452. The summed E-state index contributed by atoms with van der Waals surface area (Å²) in [5, 5.41) is 17.7. The van der Waals surface area contributed by atoms with E-state index in [1.807, 2.05) is 29.2 Å². The Bertz CT molecular complexity index is 747. The topological polar surface area (TPSA) is 95.6 Å². The number of aliphatic carboxylic acids is 1. The van der Waals surface area contributed by atoms with Crippen LogP contribution in [0.1, 0.15) is 0 Å². The van der Waals surface area contributed by atoms with Gasteiger partial charge in [0.15, 0.2) is 5.82 Å². The van der Waals surface area contributed by atoms with Crippen LogP contribution in [0.25, 0.3) is 11.3 Å².